The Balaban J connectivity index is 2.40. The van der Waals surface area contributed by atoms with Gasteiger partial charge >= 0.3 is 6.18 Å². The first-order chi connectivity index (χ1) is 9.34. The van der Waals surface area contributed by atoms with Gasteiger partial charge in [-0.25, -0.2) is 0 Å². The number of halogens is 3. The zero-order chi connectivity index (χ0) is 14.9. The lowest BCUT2D eigenvalue weighted by Crippen LogP contribution is -2.13. The number of carbonyl (C=O) groups is 1. The Morgan fingerprint density at radius 2 is 2.10 bits per heavy atom. The van der Waals surface area contributed by atoms with Crippen LogP contribution in [0.2, 0.25) is 0 Å². The fraction of sp³-hybridized carbons (Fsp3) is 0.286. The molecule has 1 N–H and O–H groups in total. The number of alkyl halides is 3. The molecule has 0 saturated heterocycles. The number of nitrogens with one attached hydrogen (secondary N) is 1. The number of thioether (sulfide) groups is 1. The van der Waals surface area contributed by atoms with E-state index < -0.39 is 17.7 Å². The molecule has 1 saturated carbocycles. The number of carbonyl (C=O) groups excluding carboxylic acids is 1. The van der Waals surface area contributed by atoms with Gasteiger partial charge in [0.15, 0.2) is 5.78 Å². The first-order valence-electron chi connectivity index (χ1n) is 5.85. The predicted molar refractivity (Wildman–Crippen MR) is 73.1 cm³/mol. The molecule has 0 radical (unpaired) electrons. The van der Waals surface area contributed by atoms with E-state index >= 15 is 0 Å². The molecular formula is C14H12F3NOS. The summed E-state index contributed by atoms with van der Waals surface area (Å²) in [6, 6.07) is 4.66. The van der Waals surface area contributed by atoms with Gasteiger partial charge in [0.05, 0.1) is 11.5 Å². The van der Waals surface area contributed by atoms with Crippen LogP contribution in [-0.2, 0) is 11.0 Å². The van der Waals surface area contributed by atoms with Crippen molar-refractivity contribution in [3.63, 3.8) is 0 Å². The van der Waals surface area contributed by atoms with Gasteiger partial charge in [-0.2, -0.15) is 13.2 Å². The van der Waals surface area contributed by atoms with E-state index in [1.165, 1.54) is 23.9 Å². The van der Waals surface area contributed by atoms with Crippen molar-refractivity contribution in [2.24, 2.45) is 0 Å². The third-order valence-electron chi connectivity index (χ3n) is 3.12. The molecule has 1 atom stereocenters. The molecule has 6 heteroatoms. The van der Waals surface area contributed by atoms with Crippen LogP contribution >= 0.6 is 11.8 Å². The SMILES string of the molecule is CSC=C1CC(=N)C(c2cccc(C(F)(F)F)c2)C1=O. The highest BCUT2D eigenvalue weighted by Gasteiger charge is 2.37. The lowest BCUT2D eigenvalue weighted by atomic mass is 9.93. The average molecular weight is 299 g/mol. The first kappa shape index (κ1) is 14.8. The highest BCUT2D eigenvalue weighted by molar-refractivity contribution is 8.01. The van der Waals surface area contributed by atoms with E-state index in [2.05, 4.69) is 0 Å². The molecule has 2 nitrogen and oxygen atoms in total. The summed E-state index contributed by atoms with van der Waals surface area (Å²) in [5, 5.41) is 9.51. The zero-order valence-electron chi connectivity index (χ0n) is 10.6. The van der Waals surface area contributed by atoms with Crippen molar-refractivity contribution in [2.75, 3.05) is 6.26 Å². The molecule has 106 valence electrons. The number of allylic oxidation sites excluding steroid dienone is 1. The summed E-state index contributed by atoms with van der Waals surface area (Å²) in [5.74, 6) is -1.15. The van der Waals surface area contributed by atoms with E-state index in [1.54, 1.807) is 11.7 Å². The van der Waals surface area contributed by atoms with Crippen molar-refractivity contribution in [3.05, 3.63) is 46.4 Å². The molecular weight excluding hydrogens is 287 g/mol. The van der Waals surface area contributed by atoms with Crippen LogP contribution in [0.3, 0.4) is 0 Å². The van der Waals surface area contributed by atoms with E-state index in [1.807, 2.05) is 0 Å². The van der Waals surface area contributed by atoms with Gasteiger partial charge in [0.25, 0.3) is 0 Å². The Kier molecular flexibility index (Phi) is 4.04. The van der Waals surface area contributed by atoms with Gasteiger partial charge < -0.3 is 5.41 Å². The molecule has 0 amide bonds. The maximum absolute atomic E-state index is 12.7. The van der Waals surface area contributed by atoms with Gasteiger partial charge in [0.2, 0.25) is 0 Å². The molecule has 0 heterocycles. The summed E-state index contributed by atoms with van der Waals surface area (Å²) in [5.41, 5.74) is 0.0803. The molecule has 1 aliphatic carbocycles. The number of hydrogen-bond acceptors (Lipinski definition) is 3. The van der Waals surface area contributed by atoms with Crippen molar-refractivity contribution in [1.82, 2.24) is 0 Å². The third-order valence-corrected chi connectivity index (χ3v) is 3.64. The van der Waals surface area contributed by atoms with Crippen LogP contribution < -0.4 is 0 Å². The second kappa shape index (κ2) is 5.44. The van der Waals surface area contributed by atoms with Crippen LogP contribution in [0.1, 0.15) is 23.5 Å². The number of hydrogen-bond donors (Lipinski definition) is 1. The molecule has 1 unspecified atom stereocenters. The Morgan fingerprint density at radius 3 is 2.70 bits per heavy atom. The van der Waals surface area contributed by atoms with E-state index in [4.69, 9.17) is 5.41 Å². The second-order valence-electron chi connectivity index (χ2n) is 4.50. The minimum Gasteiger partial charge on any atom is -0.308 e. The monoisotopic (exact) mass is 299 g/mol. The van der Waals surface area contributed by atoms with Crippen molar-refractivity contribution in [1.29, 1.82) is 5.41 Å². The van der Waals surface area contributed by atoms with E-state index in [0.717, 1.165) is 12.1 Å². The van der Waals surface area contributed by atoms with Crippen LogP contribution in [0, 0.1) is 5.41 Å². The van der Waals surface area contributed by atoms with E-state index in [9.17, 15) is 18.0 Å². The third kappa shape index (κ3) is 2.80. The maximum atomic E-state index is 12.7. The number of ketones is 1. The van der Waals surface area contributed by atoms with Gasteiger partial charge in [-0.15, -0.1) is 11.8 Å². The van der Waals surface area contributed by atoms with Crippen LogP contribution in [0.15, 0.2) is 35.2 Å². The summed E-state index contributed by atoms with van der Waals surface area (Å²) < 4.78 is 38.1. The molecule has 1 aromatic carbocycles. The van der Waals surface area contributed by atoms with Crippen molar-refractivity contribution < 1.29 is 18.0 Å². The molecule has 0 aromatic heterocycles. The van der Waals surface area contributed by atoms with Crippen LogP contribution in [-0.4, -0.2) is 17.8 Å². The van der Waals surface area contributed by atoms with Gasteiger partial charge in [-0.05, 0) is 23.3 Å². The number of rotatable bonds is 2. The average Bonchev–Trinajstić information content (AvgIpc) is 2.64. The molecule has 0 spiro atoms. The van der Waals surface area contributed by atoms with Crippen LogP contribution in [0.25, 0.3) is 0 Å². The normalized spacial score (nSPS) is 21.8. The van der Waals surface area contributed by atoms with E-state index in [0.29, 0.717) is 5.57 Å². The lowest BCUT2D eigenvalue weighted by molar-refractivity contribution is -0.137. The number of benzene rings is 1. The fourth-order valence-electron chi connectivity index (χ4n) is 2.23. The Hall–Kier alpha value is -1.56. The summed E-state index contributed by atoms with van der Waals surface area (Å²) in [6.45, 7) is 0. The summed E-state index contributed by atoms with van der Waals surface area (Å²) in [7, 11) is 0. The largest absolute Gasteiger partial charge is 0.416 e. The summed E-state index contributed by atoms with van der Waals surface area (Å²) in [6.07, 6.45) is -2.44. The lowest BCUT2D eigenvalue weighted by Gasteiger charge is -2.12. The second-order valence-corrected chi connectivity index (χ2v) is 5.21. The van der Waals surface area contributed by atoms with Gasteiger partial charge in [0.1, 0.15) is 0 Å². The minimum absolute atomic E-state index is 0.148. The van der Waals surface area contributed by atoms with Crippen molar-refractivity contribution >= 4 is 23.3 Å². The van der Waals surface area contributed by atoms with Gasteiger partial charge in [-0.3, -0.25) is 4.79 Å². The molecule has 0 bridgehead atoms. The standard InChI is InChI=1S/C14H12F3NOS/c1-20-7-9-6-11(18)12(13(9)19)8-3-2-4-10(5-8)14(15,16)17/h2-5,7,12,18H,6H2,1H3. The molecule has 1 aliphatic rings. The fourth-order valence-corrected chi connectivity index (χ4v) is 2.71. The predicted octanol–water partition coefficient (Wildman–Crippen LogP) is 4.03. The zero-order valence-corrected chi connectivity index (χ0v) is 11.4. The highest BCUT2D eigenvalue weighted by Crippen LogP contribution is 2.36. The van der Waals surface area contributed by atoms with Crippen molar-refractivity contribution in [3.8, 4) is 0 Å². The smallest absolute Gasteiger partial charge is 0.308 e. The molecule has 1 fully saturated rings. The molecule has 2 rings (SSSR count). The maximum Gasteiger partial charge on any atom is 0.416 e. The minimum atomic E-state index is -4.45. The van der Waals surface area contributed by atoms with Crippen LogP contribution in [0.4, 0.5) is 13.2 Å². The topological polar surface area (TPSA) is 40.9 Å². The molecule has 20 heavy (non-hydrogen) atoms. The molecule has 0 aliphatic heterocycles. The van der Waals surface area contributed by atoms with Crippen LogP contribution in [0.5, 0.6) is 0 Å². The Morgan fingerprint density at radius 1 is 1.40 bits per heavy atom. The highest BCUT2D eigenvalue weighted by atomic mass is 32.2. The summed E-state index contributed by atoms with van der Waals surface area (Å²) >= 11 is 1.35. The quantitative estimate of drug-likeness (QED) is 0.838. The first-order valence-corrected chi connectivity index (χ1v) is 7.14. The van der Waals surface area contributed by atoms with E-state index in [-0.39, 0.29) is 23.5 Å². The number of Topliss-reactive ketones (excluding diaryl/α,β-unsaturated/α-hetero) is 1. The molecule has 1 aromatic rings. The summed E-state index contributed by atoms with van der Waals surface area (Å²) in [4.78, 5) is 12.2. The van der Waals surface area contributed by atoms with Gasteiger partial charge in [0, 0.05) is 17.7 Å². The Bertz CT molecular complexity index is 592. The van der Waals surface area contributed by atoms with Crippen molar-refractivity contribution in [2.45, 2.75) is 18.5 Å². The Labute approximate surface area is 118 Å². The van der Waals surface area contributed by atoms with Gasteiger partial charge in [-0.1, -0.05) is 18.2 Å².